The molecule has 3 nitrogen and oxygen atoms in total. The number of aryl methyl sites for hydroxylation is 1. The summed E-state index contributed by atoms with van der Waals surface area (Å²) in [5.74, 6) is 1.42. The van der Waals surface area contributed by atoms with E-state index in [0.29, 0.717) is 12.0 Å². The van der Waals surface area contributed by atoms with Gasteiger partial charge in [0.05, 0.1) is 11.0 Å². The van der Waals surface area contributed by atoms with Gasteiger partial charge in [0.15, 0.2) is 0 Å². The SMILES string of the molecule is Cc1ccc2nc(N)n(C(C)C3CCCC3)c2c1. The van der Waals surface area contributed by atoms with E-state index in [9.17, 15) is 0 Å². The van der Waals surface area contributed by atoms with Gasteiger partial charge in [-0.3, -0.25) is 0 Å². The lowest BCUT2D eigenvalue weighted by molar-refractivity contribution is 0.371. The normalized spacial score (nSPS) is 18.6. The van der Waals surface area contributed by atoms with Crippen molar-refractivity contribution < 1.29 is 0 Å². The third-order valence-electron chi connectivity index (χ3n) is 4.36. The fourth-order valence-corrected chi connectivity index (χ4v) is 3.30. The summed E-state index contributed by atoms with van der Waals surface area (Å²) >= 11 is 0. The molecule has 2 N–H and O–H groups in total. The van der Waals surface area contributed by atoms with Crippen LogP contribution in [0, 0.1) is 12.8 Å². The monoisotopic (exact) mass is 243 g/mol. The molecule has 1 saturated carbocycles. The zero-order valence-electron chi connectivity index (χ0n) is 11.2. The van der Waals surface area contributed by atoms with Crippen LogP contribution in [0.4, 0.5) is 5.95 Å². The highest BCUT2D eigenvalue weighted by atomic mass is 15.2. The van der Waals surface area contributed by atoms with Crippen LogP contribution in [0.1, 0.15) is 44.2 Å². The van der Waals surface area contributed by atoms with Gasteiger partial charge >= 0.3 is 0 Å². The van der Waals surface area contributed by atoms with E-state index in [4.69, 9.17) is 5.73 Å². The average Bonchev–Trinajstić information content (AvgIpc) is 2.94. The average molecular weight is 243 g/mol. The number of hydrogen-bond acceptors (Lipinski definition) is 2. The fourth-order valence-electron chi connectivity index (χ4n) is 3.30. The Kier molecular flexibility index (Phi) is 2.77. The Morgan fingerprint density at radius 2 is 2.06 bits per heavy atom. The summed E-state index contributed by atoms with van der Waals surface area (Å²) in [5, 5.41) is 0. The molecule has 1 aromatic heterocycles. The van der Waals surface area contributed by atoms with Crippen molar-refractivity contribution in [1.29, 1.82) is 0 Å². The van der Waals surface area contributed by atoms with Gasteiger partial charge in [0, 0.05) is 6.04 Å². The molecule has 1 aromatic carbocycles. The summed E-state index contributed by atoms with van der Waals surface area (Å²) in [7, 11) is 0. The van der Waals surface area contributed by atoms with E-state index in [1.807, 2.05) is 0 Å². The molecule has 96 valence electrons. The molecule has 1 atom stereocenters. The number of hydrogen-bond donors (Lipinski definition) is 1. The predicted molar refractivity (Wildman–Crippen MR) is 75.6 cm³/mol. The molecular weight excluding hydrogens is 222 g/mol. The molecule has 1 heterocycles. The first-order valence-electron chi connectivity index (χ1n) is 6.91. The Morgan fingerprint density at radius 1 is 1.33 bits per heavy atom. The second kappa shape index (κ2) is 4.30. The number of aromatic nitrogens is 2. The van der Waals surface area contributed by atoms with Crippen molar-refractivity contribution in [2.24, 2.45) is 5.92 Å². The minimum atomic E-state index is 0.458. The van der Waals surface area contributed by atoms with Crippen LogP contribution in [0.3, 0.4) is 0 Å². The van der Waals surface area contributed by atoms with Crippen molar-refractivity contribution in [3.63, 3.8) is 0 Å². The molecule has 18 heavy (non-hydrogen) atoms. The highest BCUT2D eigenvalue weighted by Gasteiger charge is 2.25. The first kappa shape index (κ1) is 11.6. The Bertz CT molecular complexity index is 564. The third kappa shape index (κ3) is 1.78. The molecule has 3 heteroatoms. The van der Waals surface area contributed by atoms with E-state index in [-0.39, 0.29) is 0 Å². The molecule has 0 aliphatic heterocycles. The summed E-state index contributed by atoms with van der Waals surface area (Å²) < 4.78 is 2.23. The van der Waals surface area contributed by atoms with E-state index in [2.05, 4.69) is 41.6 Å². The number of benzene rings is 1. The maximum Gasteiger partial charge on any atom is 0.201 e. The van der Waals surface area contributed by atoms with Crippen molar-refractivity contribution in [2.45, 2.75) is 45.6 Å². The van der Waals surface area contributed by atoms with E-state index >= 15 is 0 Å². The van der Waals surface area contributed by atoms with Crippen LogP contribution in [0.15, 0.2) is 18.2 Å². The summed E-state index contributed by atoms with van der Waals surface area (Å²) in [6.07, 6.45) is 5.37. The largest absolute Gasteiger partial charge is 0.369 e. The van der Waals surface area contributed by atoms with Crippen molar-refractivity contribution in [2.75, 3.05) is 5.73 Å². The Labute approximate surface area is 108 Å². The minimum Gasteiger partial charge on any atom is -0.369 e. The smallest absolute Gasteiger partial charge is 0.201 e. The van der Waals surface area contributed by atoms with Crippen LogP contribution >= 0.6 is 0 Å². The van der Waals surface area contributed by atoms with Crippen molar-refractivity contribution in [3.05, 3.63) is 23.8 Å². The van der Waals surface area contributed by atoms with Gasteiger partial charge in [-0.2, -0.15) is 0 Å². The van der Waals surface area contributed by atoms with E-state index in [1.165, 1.54) is 36.8 Å². The quantitative estimate of drug-likeness (QED) is 0.874. The molecule has 2 aromatic rings. The van der Waals surface area contributed by atoms with Crippen molar-refractivity contribution in [3.8, 4) is 0 Å². The van der Waals surface area contributed by atoms with Crippen molar-refractivity contribution >= 4 is 17.0 Å². The lowest BCUT2D eigenvalue weighted by Crippen LogP contribution is -2.16. The molecule has 0 spiro atoms. The van der Waals surface area contributed by atoms with Crippen LogP contribution in [0.25, 0.3) is 11.0 Å². The second-order valence-electron chi connectivity index (χ2n) is 5.62. The summed E-state index contributed by atoms with van der Waals surface area (Å²) in [6.45, 7) is 4.41. The van der Waals surface area contributed by atoms with Crippen LogP contribution in [0.5, 0.6) is 0 Å². The van der Waals surface area contributed by atoms with E-state index < -0.39 is 0 Å². The van der Waals surface area contributed by atoms with Gasteiger partial charge in [-0.15, -0.1) is 0 Å². The number of fused-ring (bicyclic) bond motifs is 1. The first-order chi connectivity index (χ1) is 8.66. The molecule has 0 bridgehead atoms. The fraction of sp³-hybridized carbons (Fsp3) is 0.533. The molecular formula is C15H21N3. The maximum absolute atomic E-state index is 6.12. The molecule has 3 rings (SSSR count). The number of nitrogens with zero attached hydrogens (tertiary/aromatic N) is 2. The predicted octanol–water partition coefficient (Wildman–Crippen LogP) is 3.68. The third-order valence-corrected chi connectivity index (χ3v) is 4.36. The Balaban J connectivity index is 2.09. The van der Waals surface area contributed by atoms with E-state index in [0.717, 1.165) is 11.4 Å². The molecule has 0 radical (unpaired) electrons. The number of rotatable bonds is 2. The Hall–Kier alpha value is -1.51. The zero-order chi connectivity index (χ0) is 12.7. The van der Waals surface area contributed by atoms with Crippen molar-refractivity contribution in [1.82, 2.24) is 9.55 Å². The molecule has 1 unspecified atom stereocenters. The summed E-state index contributed by atoms with van der Waals surface area (Å²) in [4.78, 5) is 4.49. The van der Waals surface area contributed by atoms with Gasteiger partial charge in [-0.25, -0.2) is 4.98 Å². The maximum atomic E-state index is 6.12. The Morgan fingerprint density at radius 3 is 2.78 bits per heavy atom. The molecule has 0 amide bonds. The minimum absolute atomic E-state index is 0.458. The van der Waals surface area contributed by atoms with Gasteiger partial charge < -0.3 is 10.3 Å². The topological polar surface area (TPSA) is 43.8 Å². The number of nitrogens with two attached hydrogens (primary N) is 1. The zero-order valence-corrected chi connectivity index (χ0v) is 11.2. The molecule has 1 fully saturated rings. The molecule has 1 aliphatic carbocycles. The van der Waals surface area contributed by atoms with Crippen LogP contribution in [0.2, 0.25) is 0 Å². The summed E-state index contributed by atoms with van der Waals surface area (Å²) in [6, 6.07) is 6.82. The van der Waals surface area contributed by atoms with E-state index in [1.54, 1.807) is 0 Å². The van der Waals surface area contributed by atoms with Crippen LogP contribution in [-0.2, 0) is 0 Å². The summed E-state index contributed by atoms with van der Waals surface area (Å²) in [5.41, 5.74) is 9.59. The van der Waals surface area contributed by atoms with Crippen LogP contribution < -0.4 is 5.73 Å². The standard InChI is InChI=1S/C15H21N3/c1-10-7-8-13-14(9-10)18(15(16)17-13)11(2)12-5-3-4-6-12/h7-9,11-12H,3-6H2,1-2H3,(H2,16,17). The second-order valence-corrected chi connectivity index (χ2v) is 5.62. The number of imidazole rings is 1. The van der Waals surface area contributed by atoms with Gasteiger partial charge in [0.1, 0.15) is 0 Å². The highest BCUT2D eigenvalue weighted by Crippen LogP contribution is 2.37. The first-order valence-corrected chi connectivity index (χ1v) is 6.91. The number of nitrogen functional groups attached to an aromatic ring is 1. The highest BCUT2D eigenvalue weighted by molar-refractivity contribution is 5.79. The van der Waals surface area contributed by atoms with Crippen LogP contribution in [-0.4, -0.2) is 9.55 Å². The van der Waals surface area contributed by atoms with Gasteiger partial charge in [-0.1, -0.05) is 18.9 Å². The van der Waals surface area contributed by atoms with Gasteiger partial charge in [0.2, 0.25) is 5.95 Å². The lowest BCUT2D eigenvalue weighted by atomic mass is 9.99. The lowest BCUT2D eigenvalue weighted by Gasteiger charge is -2.22. The molecule has 1 aliphatic rings. The molecule has 0 saturated heterocycles. The van der Waals surface area contributed by atoms with Gasteiger partial charge in [0.25, 0.3) is 0 Å². The number of anilines is 1. The van der Waals surface area contributed by atoms with Gasteiger partial charge in [-0.05, 0) is 50.3 Å².